The number of aromatic nitrogens is 3. The van der Waals surface area contributed by atoms with Crippen molar-refractivity contribution in [1.29, 1.82) is 0 Å². The first-order chi connectivity index (χ1) is 18.5. The molecule has 2 aromatic carbocycles. The van der Waals surface area contributed by atoms with Gasteiger partial charge in [0.1, 0.15) is 17.9 Å². The van der Waals surface area contributed by atoms with E-state index in [1.807, 2.05) is 18.2 Å². The Bertz CT molecular complexity index is 1540. The van der Waals surface area contributed by atoms with Gasteiger partial charge < -0.3 is 25.6 Å². The smallest absolute Gasteiger partial charge is 0.319 e. The summed E-state index contributed by atoms with van der Waals surface area (Å²) < 4.78 is 23.5. The van der Waals surface area contributed by atoms with Crippen LogP contribution < -0.4 is 20.7 Å². The molecule has 3 aliphatic rings. The van der Waals surface area contributed by atoms with Crippen LogP contribution in [0.2, 0.25) is 5.02 Å². The van der Waals surface area contributed by atoms with Crippen LogP contribution in [0.15, 0.2) is 24.3 Å². The topological polar surface area (TPSA) is 92.4 Å². The summed E-state index contributed by atoms with van der Waals surface area (Å²) in [5, 5.41) is 4.79. The molecule has 0 bridgehead atoms. The molecule has 198 valence electrons. The number of anilines is 2. The zero-order valence-corrected chi connectivity index (χ0v) is 22.7. The number of likely N-dealkylation sites (tertiary alicyclic amines) is 1. The average molecular weight is 554 g/mol. The molecule has 0 spiro atoms. The van der Waals surface area contributed by atoms with Crippen LogP contribution in [0.4, 0.5) is 15.3 Å². The van der Waals surface area contributed by atoms with Gasteiger partial charge in [-0.25, -0.2) is 9.37 Å². The van der Waals surface area contributed by atoms with Gasteiger partial charge in [0, 0.05) is 48.7 Å². The van der Waals surface area contributed by atoms with Gasteiger partial charge in [-0.2, -0.15) is 9.97 Å². The standard InChI is InChI=1S/C27H29ClFN7OS/c1-35-7-3-4-16(35)13-37-27-33-24-18(25(34-27)36-11-14-9-31-10-15(14)12-36)8-19(28)21(22(24)29)17-5-2-6-20-23(17)32-26(30)38-20/h2,5-6,8,14-16,31H,3-4,7,9-13H2,1H3,(H2,30,32)/t14?,15?,16-/m0/s1. The monoisotopic (exact) mass is 553 g/mol. The van der Waals surface area contributed by atoms with E-state index in [-0.39, 0.29) is 17.1 Å². The van der Waals surface area contributed by atoms with Crippen LogP contribution in [0.25, 0.3) is 32.2 Å². The molecule has 2 aromatic heterocycles. The number of benzene rings is 2. The number of ether oxygens (including phenoxy) is 1. The van der Waals surface area contributed by atoms with E-state index in [2.05, 4.69) is 32.1 Å². The summed E-state index contributed by atoms with van der Waals surface area (Å²) in [6.07, 6.45) is 2.20. The second-order valence-corrected chi connectivity index (χ2v) is 12.1. The van der Waals surface area contributed by atoms with Crippen LogP contribution in [0.1, 0.15) is 12.8 Å². The maximum Gasteiger partial charge on any atom is 0.319 e. The lowest BCUT2D eigenvalue weighted by Gasteiger charge is -2.23. The molecule has 4 aromatic rings. The van der Waals surface area contributed by atoms with E-state index in [1.54, 1.807) is 6.07 Å². The highest BCUT2D eigenvalue weighted by Gasteiger charge is 2.38. The molecule has 3 fully saturated rings. The summed E-state index contributed by atoms with van der Waals surface area (Å²) in [6.45, 7) is 5.20. The Morgan fingerprint density at radius 2 is 2.00 bits per heavy atom. The Balaban J connectivity index is 1.36. The first kappa shape index (κ1) is 24.3. The van der Waals surface area contributed by atoms with E-state index in [4.69, 9.17) is 27.1 Å². The highest BCUT2D eigenvalue weighted by molar-refractivity contribution is 7.22. The number of likely N-dealkylation sites (N-methyl/N-ethyl adjacent to an activating group) is 1. The summed E-state index contributed by atoms with van der Waals surface area (Å²) in [5.74, 6) is 1.27. The van der Waals surface area contributed by atoms with Gasteiger partial charge in [-0.1, -0.05) is 35.1 Å². The number of hydrogen-bond acceptors (Lipinski definition) is 9. The summed E-state index contributed by atoms with van der Waals surface area (Å²) in [5.41, 5.74) is 7.68. The molecule has 0 amide bonds. The van der Waals surface area contributed by atoms with Gasteiger partial charge >= 0.3 is 6.01 Å². The van der Waals surface area contributed by atoms with Crippen LogP contribution in [0.5, 0.6) is 6.01 Å². The first-order valence-electron chi connectivity index (χ1n) is 13.1. The van der Waals surface area contributed by atoms with Crippen LogP contribution >= 0.6 is 22.9 Å². The van der Waals surface area contributed by atoms with Crippen molar-refractivity contribution >= 4 is 55.0 Å². The molecule has 0 aliphatic carbocycles. The summed E-state index contributed by atoms with van der Waals surface area (Å²) in [6, 6.07) is 7.90. The van der Waals surface area contributed by atoms with Gasteiger partial charge in [-0.3, -0.25) is 0 Å². The SMILES string of the molecule is CN1CCC[C@H]1COc1nc(N2CC3CNCC3C2)c2cc(Cl)c(-c3cccc4sc(N)nc34)c(F)c2n1. The molecular weight excluding hydrogens is 525 g/mol. The fraction of sp³-hybridized carbons (Fsp3) is 0.444. The van der Waals surface area contributed by atoms with Crippen molar-refractivity contribution in [3.8, 4) is 17.1 Å². The largest absolute Gasteiger partial charge is 0.462 e. The molecule has 2 unspecified atom stereocenters. The fourth-order valence-electron chi connectivity index (χ4n) is 6.27. The predicted octanol–water partition coefficient (Wildman–Crippen LogP) is 4.41. The van der Waals surface area contributed by atoms with Crippen LogP contribution in [0, 0.1) is 17.7 Å². The quantitative estimate of drug-likeness (QED) is 0.375. The number of nitrogens with one attached hydrogen (secondary N) is 1. The zero-order valence-electron chi connectivity index (χ0n) is 21.1. The molecule has 0 radical (unpaired) electrons. The lowest BCUT2D eigenvalue weighted by molar-refractivity contribution is 0.188. The number of fused-ring (bicyclic) bond motifs is 3. The summed E-state index contributed by atoms with van der Waals surface area (Å²) in [7, 11) is 2.10. The first-order valence-corrected chi connectivity index (χ1v) is 14.3. The van der Waals surface area contributed by atoms with Gasteiger partial charge in [0.2, 0.25) is 0 Å². The lowest BCUT2D eigenvalue weighted by Crippen LogP contribution is -2.31. The number of thiazole rings is 1. The highest BCUT2D eigenvalue weighted by atomic mass is 35.5. The molecule has 38 heavy (non-hydrogen) atoms. The molecule has 0 saturated carbocycles. The number of nitrogen functional groups attached to an aromatic ring is 1. The molecule has 3 N–H and O–H groups in total. The maximum atomic E-state index is 16.5. The second-order valence-electron chi connectivity index (χ2n) is 10.6. The molecule has 11 heteroatoms. The molecule has 3 saturated heterocycles. The normalized spacial score (nSPS) is 23.7. The van der Waals surface area contributed by atoms with E-state index in [9.17, 15) is 0 Å². The minimum Gasteiger partial charge on any atom is -0.462 e. The van der Waals surface area contributed by atoms with Crippen molar-refractivity contribution in [2.75, 3.05) is 57.0 Å². The van der Waals surface area contributed by atoms with Gasteiger partial charge in [0.15, 0.2) is 10.9 Å². The third-order valence-corrected chi connectivity index (χ3v) is 9.46. The van der Waals surface area contributed by atoms with Gasteiger partial charge in [0.25, 0.3) is 0 Å². The second kappa shape index (κ2) is 9.44. The van der Waals surface area contributed by atoms with E-state index in [0.29, 0.717) is 56.9 Å². The van der Waals surface area contributed by atoms with Crippen molar-refractivity contribution in [3.05, 3.63) is 35.1 Å². The van der Waals surface area contributed by atoms with E-state index >= 15 is 4.39 Å². The maximum absolute atomic E-state index is 16.5. The predicted molar refractivity (Wildman–Crippen MR) is 151 cm³/mol. The molecular formula is C27H29ClFN7OS. The van der Waals surface area contributed by atoms with Gasteiger partial charge in [-0.15, -0.1) is 0 Å². The summed E-state index contributed by atoms with van der Waals surface area (Å²) in [4.78, 5) is 18.4. The Kier molecular flexibility index (Phi) is 6.03. The lowest BCUT2D eigenvalue weighted by atomic mass is 10.0. The number of halogens is 2. The molecule has 5 heterocycles. The number of hydrogen-bond donors (Lipinski definition) is 2. The van der Waals surface area contributed by atoms with Gasteiger partial charge in [-0.05, 0) is 50.4 Å². The number of nitrogens with zero attached hydrogens (tertiary/aromatic N) is 5. The zero-order chi connectivity index (χ0) is 26.0. The van der Waals surface area contributed by atoms with Crippen molar-refractivity contribution in [2.24, 2.45) is 11.8 Å². The van der Waals surface area contributed by atoms with Crippen molar-refractivity contribution in [2.45, 2.75) is 18.9 Å². The Morgan fingerprint density at radius 1 is 1.18 bits per heavy atom. The van der Waals surface area contributed by atoms with Crippen molar-refractivity contribution in [1.82, 2.24) is 25.2 Å². The van der Waals surface area contributed by atoms with E-state index in [1.165, 1.54) is 11.3 Å². The van der Waals surface area contributed by atoms with Gasteiger partial charge in [0.05, 0.1) is 15.2 Å². The molecule has 8 nitrogen and oxygen atoms in total. The van der Waals surface area contributed by atoms with E-state index in [0.717, 1.165) is 50.3 Å². The summed E-state index contributed by atoms with van der Waals surface area (Å²) >= 11 is 8.18. The molecule has 7 rings (SSSR count). The molecule has 3 aliphatic heterocycles. The molecule has 3 atom stereocenters. The number of rotatable bonds is 5. The third kappa shape index (κ3) is 4.05. The Labute approximate surface area is 229 Å². The number of para-hydroxylation sites is 1. The third-order valence-electron chi connectivity index (χ3n) is 8.31. The van der Waals surface area contributed by atoms with E-state index < -0.39 is 5.82 Å². The van der Waals surface area contributed by atoms with Crippen LogP contribution in [-0.4, -0.2) is 72.3 Å². The van der Waals surface area contributed by atoms with Crippen LogP contribution in [0.3, 0.4) is 0 Å². The minimum absolute atomic E-state index is 0.200. The highest BCUT2D eigenvalue weighted by Crippen LogP contribution is 2.43. The fourth-order valence-corrected chi connectivity index (χ4v) is 7.32. The average Bonchev–Trinajstić information content (AvgIpc) is 3.67. The van der Waals surface area contributed by atoms with Crippen molar-refractivity contribution in [3.63, 3.8) is 0 Å². The van der Waals surface area contributed by atoms with Crippen LogP contribution in [-0.2, 0) is 0 Å². The van der Waals surface area contributed by atoms with Crippen molar-refractivity contribution < 1.29 is 9.13 Å². The number of nitrogens with two attached hydrogens (primary N) is 1. The minimum atomic E-state index is -0.501. The Morgan fingerprint density at radius 3 is 2.76 bits per heavy atom. The Hall–Kier alpha value is -2.79.